The van der Waals surface area contributed by atoms with Crippen LogP contribution >= 0.6 is 0 Å². The molecule has 1 fully saturated rings. The Bertz CT molecular complexity index is 556. The maximum Gasteiger partial charge on any atom is 0.175 e. The Hall–Kier alpha value is -1.91. The van der Waals surface area contributed by atoms with Crippen LogP contribution in [0.15, 0.2) is 24.4 Å². The Balaban J connectivity index is 1.57. The van der Waals surface area contributed by atoms with Crippen molar-refractivity contribution in [1.29, 1.82) is 0 Å². The SMILES string of the molecule is Cc1ccn(-c2ccc(NC(C)CCC3CC3)nn2)n1. The minimum absolute atomic E-state index is 0.447. The first-order chi connectivity index (χ1) is 9.70. The van der Waals surface area contributed by atoms with Crippen LogP contribution in [0.25, 0.3) is 5.82 Å². The van der Waals surface area contributed by atoms with Crippen LogP contribution in [0.1, 0.15) is 38.3 Å². The highest BCUT2D eigenvalue weighted by atomic mass is 15.3. The number of rotatable bonds is 6. The zero-order valence-electron chi connectivity index (χ0n) is 12.1. The first-order valence-corrected chi connectivity index (χ1v) is 7.33. The van der Waals surface area contributed by atoms with Gasteiger partial charge in [-0.2, -0.15) is 5.10 Å². The quantitative estimate of drug-likeness (QED) is 0.877. The van der Waals surface area contributed by atoms with E-state index in [1.165, 1.54) is 25.7 Å². The second kappa shape index (κ2) is 5.61. The van der Waals surface area contributed by atoms with Gasteiger partial charge in [-0.3, -0.25) is 0 Å². The molecule has 20 heavy (non-hydrogen) atoms. The molecule has 5 nitrogen and oxygen atoms in total. The number of hydrogen-bond donors (Lipinski definition) is 1. The second-order valence-corrected chi connectivity index (χ2v) is 5.74. The molecule has 3 rings (SSSR count). The Morgan fingerprint density at radius 3 is 2.75 bits per heavy atom. The molecular formula is C15H21N5. The van der Waals surface area contributed by atoms with E-state index in [9.17, 15) is 0 Å². The number of aryl methyl sites for hydroxylation is 1. The van der Waals surface area contributed by atoms with E-state index in [0.29, 0.717) is 6.04 Å². The lowest BCUT2D eigenvalue weighted by Gasteiger charge is -2.13. The second-order valence-electron chi connectivity index (χ2n) is 5.74. The summed E-state index contributed by atoms with van der Waals surface area (Å²) in [5, 5.41) is 16.2. The summed E-state index contributed by atoms with van der Waals surface area (Å²) in [6, 6.07) is 6.30. The minimum atomic E-state index is 0.447. The normalized spacial score (nSPS) is 16.1. The Morgan fingerprint density at radius 2 is 2.15 bits per heavy atom. The summed E-state index contributed by atoms with van der Waals surface area (Å²) >= 11 is 0. The van der Waals surface area contributed by atoms with Gasteiger partial charge in [-0.1, -0.05) is 12.8 Å². The smallest absolute Gasteiger partial charge is 0.175 e. The number of nitrogens with one attached hydrogen (secondary N) is 1. The van der Waals surface area contributed by atoms with Gasteiger partial charge >= 0.3 is 0 Å². The molecule has 106 valence electrons. The monoisotopic (exact) mass is 271 g/mol. The first kappa shape index (κ1) is 13.1. The Kier molecular flexibility index (Phi) is 3.67. The molecular weight excluding hydrogens is 250 g/mol. The summed E-state index contributed by atoms with van der Waals surface area (Å²) < 4.78 is 1.74. The van der Waals surface area contributed by atoms with E-state index in [0.717, 1.165) is 23.2 Å². The molecule has 0 spiro atoms. The fraction of sp³-hybridized carbons (Fsp3) is 0.533. The van der Waals surface area contributed by atoms with Gasteiger partial charge in [0.15, 0.2) is 5.82 Å². The average molecular weight is 271 g/mol. The van der Waals surface area contributed by atoms with Crippen LogP contribution in [0.4, 0.5) is 5.82 Å². The molecule has 2 aromatic rings. The number of aromatic nitrogens is 4. The van der Waals surface area contributed by atoms with Gasteiger partial charge in [0.05, 0.1) is 5.69 Å². The van der Waals surface area contributed by atoms with Gasteiger partial charge < -0.3 is 5.32 Å². The zero-order valence-corrected chi connectivity index (χ0v) is 12.1. The number of anilines is 1. The van der Waals surface area contributed by atoms with Crippen LogP contribution in [-0.4, -0.2) is 26.0 Å². The van der Waals surface area contributed by atoms with Gasteiger partial charge in [-0.05, 0) is 50.8 Å². The van der Waals surface area contributed by atoms with Gasteiger partial charge in [-0.25, -0.2) is 4.68 Å². The molecule has 0 radical (unpaired) electrons. The standard InChI is InChI=1S/C15H21N5/c1-11(3-4-13-5-6-13)16-14-7-8-15(18-17-14)20-10-9-12(2)19-20/h7-11,13H,3-6H2,1-2H3,(H,16,17). The topological polar surface area (TPSA) is 55.6 Å². The lowest BCUT2D eigenvalue weighted by atomic mass is 10.1. The van der Waals surface area contributed by atoms with Gasteiger partial charge in [0, 0.05) is 12.2 Å². The highest BCUT2D eigenvalue weighted by Crippen LogP contribution is 2.34. The molecule has 1 saturated carbocycles. The summed E-state index contributed by atoms with van der Waals surface area (Å²) in [6.45, 7) is 4.16. The maximum absolute atomic E-state index is 4.32. The molecule has 0 saturated heterocycles. The Morgan fingerprint density at radius 1 is 1.30 bits per heavy atom. The molecule has 0 aromatic carbocycles. The fourth-order valence-corrected chi connectivity index (χ4v) is 2.28. The third kappa shape index (κ3) is 3.35. The van der Waals surface area contributed by atoms with Crippen molar-refractivity contribution < 1.29 is 0 Å². The lowest BCUT2D eigenvalue weighted by molar-refractivity contribution is 0.608. The highest BCUT2D eigenvalue weighted by molar-refractivity contribution is 5.36. The highest BCUT2D eigenvalue weighted by Gasteiger charge is 2.21. The van der Waals surface area contributed by atoms with Crippen LogP contribution in [-0.2, 0) is 0 Å². The van der Waals surface area contributed by atoms with Gasteiger partial charge in [0.2, 0.25) is 0 Å². The maximum atomic E-state index is 4.32. The predicted molar refractivity (Wildman–Crippen MR) is 78.9 cm³/mol. The Labute approximate surface area is 119 Å². The van der Waals surface area contributed by atoms with E-state index in [-0.39, 0.29) is 0 Å². The molecule has 2 heterocycles. The summed E-state index contributed by atoms with van der Waals surface area (Å²) in [5.74, 6) is 2.56. The zero-order chi connectivity index (χ0) is 13.9. The molecule has 5 heteroatoms. The van der Waals surface area contributed by atoms with Crippen molar-refractivity contribution in [1.82, 2.24) is 20.0 Å². The van der Waals surface area contributed by atoms with Crippen molar-refractivity contribution in [3.05, 3.63) is 30.1 Å². The summed E-state index contributed by atoms with van der Waals surface area (Å²) in [6.07, 6.45) is 7.26. The molecule has 2 aromatic heterocycles. The van der Waals surface area contributed by atoms with E-state index < -0.39 is 0 Å². The molecule has 0 amide bonds. The van der Waals surface area contributed by atoms with E-state index in [2.05, 4.69) is 27.5 Å². The van der Waals surface area contributed by atoms with Gasteiger partial charge in [-0.15, -0.1) is 10.2 Å². The van der Waals surface area contributed by atoms with Crippen LogP contribution in [0.3, 0.4) is 0 Å². The summed E-state index contributed by atoms with van der Waals surface area (Å²) in [4.78, 5) is 0. The van der Waals surface area contributed by atoms with E-state index >= 15 is 0 Å². The largest absolute Gasteiger partial charge is 0.366 e. The first-order valence-electron chi connectivity index (χ1n) is 7.33. The van der Waals surface area contributed by atoms with Crippen molar-refractivity contribution >= 4 is 5.82 Å². The summed E-state index contributed by atoms with van der Waals surface area (Å²) in [7, 11) is 0. The van der Waals surface area contributed by atoms with Crippen molar-refractivity contribution in [3.8, 4) is 5.82 Å². The van der Waals surface area contributed by atoms with Crippen molar-refractivity contribution in [3.63, 3.8) is 0 Å². The van der Waals surface area contributed by atoms with E-state index in [4.69, 9.17) is 0 Å². The van der Waals surface area contributed by atoms with Gasteiger partial charge in [0.1, 0.15) is 5.82 Å². The van der Waals surface area contributed by atoms with Crippen LogP contribution in [0, 0.1) is 12.8 Å². The van der Waals surface area contributed by atoms with Crippen LogP contribution in [0.2, 0.25) is 0 Å². The lowest BCUT2D eigenvalue weighted by Crippen LogP contribution is -2.16. The van der Waals surface area contributed by atoms with Crippen molar-refractivity contribution in [2.24, 2.45) is 5.92 Å². The molecule has 1 atom stereocenters. The predicted octanol–water partition coefficient (Wildman–Crippen LogP) is 2.96. The minimum Gasteiger partial charge on any atom is -0.366 e. The third-order valence-electron chi connectivity index (χ3n) is 3.71. The molecule has 1 aliphatic carbocycles. The van der Waals surface area contributed by atoms with Crippen LogP contribution < -0.4 is 5.32 Å². The molecule has 1 unspecified atom stereocenters. The summed E-state index contributed by atoms with van der Waals surface area (Å²) in [5.41, 5.74) is 0.975. The third-order valence-corrected chi connectivity index (χ3v) is 3.71. The number of nitrogens with zero attached hydrogens (tertiary/aromatic N) is 4. The van der Waals surface area contributed by atoms with Gasteiger partial charge in [0.25, 0.3) is 0 Å². The van der Waals surface area contributed by atoms with E-state index in [1.54, 1.807) is 4.68 Å². The molecule has 1 aliphatic rings. The van der Waals surface area contributed by atoms with E-state index in [1.807, 2.05) is 31.3 Å². The average Bonchev–Trinajstić information content (AvgIpc) is 3.18. The molecule has 1 N–H and O–H groups in total. The van der Waals surface area contributed by atoms with Crippen molar-refractivity contribution in [2.75, 3.05) is 5.32 Å². The van der Waals surface area contributed by atoms with Crippen molar-refractivity contribution in [2.45, 2.75) is 45.6 Å². The fourth-order valence-electron chi connectivity index (χ4n) is 2.28. The van der Waals surface area contributed by atoms with Crippen LogP contribution in [0.5, 0.6) is 0 Å². The number of hydrogen-bond acceptors (Lipinski definition) is 4. The molecule has 0 bridgehead atoms. The molecule has 0 aliphatic heterocycles.